The van der Waals surface area contributed by atoms with Gasteiger partial charge in [0.2, 0.25) is 5.78 Å². The molecule has 0 bridgehead atoms. The minimum atomic E-state index is -0.862. The molecule has 0 saturated heterocycles. The van der Waals surface area contributed by atoms with Crippen molar-refractivity contribution < 1.29 is 18.3 Å². The smallest absolute Gasteiger partial charge is 0.262 e. The van der Waals surface area contributed by atoms with E-state index in [1.54, 1.807) is 18.3 Å². The normalized spacial score (nSPS) is 10.8. The second-order valence-corrected chi connectivity index (χ2v) is 5.94. The molecule has 0 saturated carbocycles. The van der Waals surface area contributed by atoms with Gasteiger partial charge in [-0.05, 0) is 30.3 Å². The number of imidazole rings is 1. The first-order valence-electron chi connectivity index (χ1n) is 8.36. The molecule has 28 heavy (non-hydrogen) atoms. The molecule has 0 atom stereocenters. The maximum atomic E-state index is 13.5. The lowest BCUT2D eigenvalue weighted by atomic mass is 10.1. The molecule has 0 aliphatic rings. The highest BCUT2D eigenvalue weighted by Gasteiger charge is 2.09. The van der Waals surface area contributed by atoms with Gasteiger partial charge < -0.3 is 10.1 Å². The first kappa shape index (κ1) is 17.6. The number of ether oxygens (including phenoxy) is 1. The number of aromatic nitrogens is 3. The summed E-state index contributed by atoms with van der Waals surface area (Å²) in [6.45, 7) is -0.400. The van der Waals surface area contributed by atoms with Crippen LogP contribution in [0, 0.1) is 11.6 Å². The van der Waals surface area contributed by atoms with Crippen molar-refractivity contribution in [3.63, 3.8) is 0 Å². The number of hydrogen-bond acceptors (Lipinski definition) is 4. The molecule has 2 aromatic heterocycles. The van der Waals surface area contributed by atoms with Gasteiger partial charge in [0, 0.05) is 35.9 Å². The van der Waals surface area contributed by atoms with Crippen LogP contribution >= 0.6 is 0 Å². The van der Waals surface area contributed by atoms with E-state index in [0.717, 1.165) is 23.4 Å². The highest BCUT2D eigenvalue weighted by molar-refractivity contribution is 5.92. The number of halogens is 2. The van der Waals surface area contributed by atoms with Crippen molar-refractivity contribution in [2.75, 3.05) is 11.9 Å². The Labute approximate surface area is 158 Å². The van der Waals surface area contributed by atoms with Crippen molar-refractivity contribution in [3.05, 3.63) is 78.8 Å². The molecular weight excluding hydrogens is 366 g/mol. The fourth-order valence-electron chi connectivity index (χ4n) is 2.63. The van der Waals surface area contributed by atoms with E-state index in [9.17, 15) is 13.6 Å². The lowest BCUT2D eigenvalue weighted by Gasteiger charge is -2.08. The van der Waals surface area contributed by atoms with E-state index in [1.807, 2.05) is 35.0 Å². The van der Waals surface area contributed by atoms with Crippen molar-refractivity contribution in [3.8, 4) is 17.0 Å². The molecule has 8 heteroatoms. The average molecular weight is 380 g/mol. The molecule has 0 spiro atoms. The van der Waals surface area contributed by atoms with Gasteiger partial charge >= 0.3 is 0 Å². The van der Waals surface area contributed by atoms with E-state index >= 15 is 0 Å². The number of anilines is 1. The molecule has 2 aromatic carbocycles. The zero-order valence-electron chi connectivity index (χ0n) is 14.5. The third kappa shape index (κ3) is 3.80. The molecule has 1 N–H and O–H groups in total. The molecule has 0 fully saturated rings. The highest BCUT2D eigenvalue weighted by Crippen LogP contribution is 2.21. The Morgan fingerprint density at radius 2 is 1.96 bits per heavy atom. The summed E-state index contributed by atoms with van der Waals surface area (Å²) in [5, 5.41) is 2.65. The topological polar surface area (TPSA) is 68.5 Å². The van der Waals surface area contributed by atoms with Gasteiger partial charge in [0.25, 0.3) is 5.91 Å². The molecule has 0 radical (unpaired) electrons. The Morgan fingerprint density at radius 3 is 2.71 bits per heavy atom. The fraction of sp³-hybridized carbons (Fsp3) is 0.0500. The maximum absolute atomic E-state index is 13.5. The zero-order valence-corrected chi connectivity index (χ0v) is 14.5. The molecule has 4 aromatic rings. The molecule has 0 unspecified atom stereocenters. The van der Waals surface area contributed by atoms with E-state index < -0.39 is 24.1 Å². The minimum Gasteiger partial charge on any atom is -0.481 e. The number of carbonyl (C=O) groups excluding carboxylic acids is 1. The van der Waals surface area contributed by atoms with Crippen LogP contribution in [0.15, 0.2) is 67.1 Å². The first-order chi connectivity index (χ1) is 13.6. The van der Waals surface area contributed by atoms with Crippen molar-refractivity contribution in [1.29, 1.82) is 0 Å². The number of benzene rings is 2. The van der Waals surface area contributed by atoms with Crippen LogP contribution in [0.3, 0.4) is 0 Å². The largest absolute Gasteiger partial charge is 0.481 e. The summed E-state index contributed by atoms with van der Waals surface area (Å²) in [5.41, 5.74) is 2.18. The second-order valence-electron chi connectivity index (χ2n) is 5.94. The predicted molar refractivity (Wildman–Crippen MR) is 98.9 cm³/mol. The predicted octanol–water partition coefficient (Wildman–Crippen LogP) is 3.69. The Morgan fingerprint density at radius 1 is 1.14 bits per heavy atom. The van der Waals surface area contributed by atoms with Gasteiger partial charge in [-0.2, -0.15) is 0 Å². The number of nitrogens with one attached hydrogen (secondary N) is 1. The highest BCUT2D eigenvalue weighted by atomic mass is 19.1. The van der Waals surface area contributed by atoms with Crippen LogP contribution in [-0.2, 0) is 4.79 Å². The van der Waals surface area contributed by atoms with E-state index in [2.05, 4.69) is 15.3 Å². The van der Waals surface area contributed by atoms with Gasteiger partial charge in [0.05, 0.1) is 5.69 Å². The number of rotatable bonds is 5. The standard InChI is InChI=1S/C20H14F2N4O2/c21-14-4-7-18(16(22)10-14)28-12-19(27)24-15-5-2-13(3-6-15)17-11-26-9-1-8-23-20(26)25-17/h1-11H,12H2,(H,24,27). The van der Waals surface area contributed by atoms with Gasteiger partial charge in [-0.25, -0.2) is 18.7 Å². The van der Waals surface area contributed by atoms with Crippen LogP contribution in [0.1, 0.15) is 0 Å². The molecular formula is C20H14F2N4O2. The quantitative estimate of drug-likeness (QED) is 0.573. The fourth-order valence-corrected chi connectivity index (χ4v) is 2.63. The lowest BCUT2D eigenvalue weighted by Crippen LogP contribution is -2.20. The Bertz CT molecular complexity index is 1110. The zero-order chi connectivity index (χ0) is 19.5. The number of carbonyl (C=O) groups is 1. The third-order valence-corrected chi connectivity index (χ3v) is 3.95. The summed E-state index contributed by atoms with van der Waals surface area (Å²) in [7, 11) is 0. The first-order valence-corrected chi connectivity index (χ1v) is 8.36. The number of nitrogens with zero attached hydrogens (tertiary/aromatic N) is 3. The molecule has 2 heterocycles. The van der Waals surface area contributed by atoms with Gasteiger partial charge in [0.1, 0.15) is 5.82 Å². The summed E-state index contributed by atoms with van der Waals surface area (Å²) in [4.78, 5) is 20.6. The third-order valence-electron chi connectivity index (χ3n) is 3.95. The van der Waals surface area contributed by atoms with E-state index in [1.165, 1.54) is 0 Å². The average Bonchev–Trinajstić information content (AvgIpc) is 3.12. The van der Waals surface area contributed by atoms with Crippen molar-refractivity contribution in [2.45, 2.75) is 0 Å². The van der Waals surface area contributed by atoms with E-state index in [-0.39, 0.29) is 5.75 Å². The Kier molecular flexibility index (Phi) is 4.67. The molecule has 140 valence electrons. The van der Waals surface area contributed by atoms with Crippen LogP contribution < -0.4 is 10.1 Å². The maximum Gasteiger partial charge on any atom is 0.262 e. The molecule has 6 nitrogen and oxygen atoms in total. The van der Waals surface area contributed by atoms with Crippen LogP contribution in [-0.4, -0.2) is 26.9 Å². The summed E-state index contributed by atoms with van der Waals surface area (Å²) in [6.07, 6.45) is 5.39. The van der Waals surface area contributed by atoms with Gasteiger partial charge in [0.15, 0.2) is 18.2 Å². The second kappa shape index (κ2) is 7.43. The van der Waals surface area contributed by atoms with E-state index in [4.69, 9.17) is 4.74 Å². The van der Waals surface area contributed by atoms with Crippen molar-refractivity contribution >= 4 is 17.4 Å². The van der Waals surface area contributed by atoms with Gasteiger partial charge in [-0.1, -0.05) is 12.1 Å². The summed E-state index contributed by atoms with van der Waals surface area (Å²) in [6, 6.07) is 11.8. The summed E-state index contributed by atoms with van der Waals surface area (Å²) < 4.78 is 33.3. The molecule has 0 aliphatic heterocycles. The lowest BCUT2D eigenvalue weighted by molar-refractivity contribution is -0.118. The van der Waals surface area contributed by atoms with Gasteiger partial charge in [-0.15, -0.1) is 0 Å². The summed E-state index contributed by atoms with van der Waals surface area (Å²) in [5.74, 6) is -1.63. The molecule has 4 rings (SSSR count). The van der Waals surface area contributed by atoms with Crippen molar-refractivity contribution in [2.24, 2.45) is 0 Å². The SMILES string of the molecule is O=C(COc1ccc(F)cc1F)Nc1ccc(-c2cn3cccnc3n2)cc1. The van der Waals surface area contributed by atoms with Gasteiger partial charge in [-0.3, -0.25) is 9.20 Å². The van der Waals surface area contributed by atoms with Crippen LogP contribution in [0.25, 0.3) is 17.0 Å². The number of hydrogen-bond donors (Lipinski definition) is 1. The van der Waals surface area contributed by atoms with Crippen LogP contribution in [0.2, 0.25) is 0 Å². The molecule has 0 aliphatic carbocycles. The number of fused-ring (bicyclic) bond motifs is 1. The van der Waals surface area contributed by atoms with Crippen molar-refractivity contribution in [1.82, 2.24) is 14.4 Å². The number of amides is 1. The summed E-state index contributed by atoms with van der Waals surface area (Å²) >= 11 is 0. The Balaban J connectivity index is 1.39. The minimum absolute atomic E-state index is 0.188. The van der Waals surface area contributed by atoms with E-state index in [0.29, 0.717) is 17.5 Å². The monoisotopic (exact) mass is 380 g/mol. The Hall–Kier alpha value is -3.81. The van der Waals surface area contributed by atoms with Crippen LogP contribution in [0.5, 0.6) is 5.75 Å². The molecule has 1 amide bonds. The van der Waals surface area contributed by atoms with Crippen LogP contribution in [0.4, 0.5) is 14.5 Å².